The molecule has 276 valence electrons. The van der Waals surface area contributed by atoms with E-state index in [0.29, 0.717) is 23.2 Å². The van der Waals surface area contributed by atoms with Crippen molar-refractivity contribution in [3.05, 3.63) is 52.6 Å². The molecule has 0 spiro atoms. The van der Waals surface area contributed by atoms with E-state index in [9.17, 15) is 30.6 Å². The van der Waals surface area contributed by atoms with Crippen LogP contribution in [-0.2, 0) is 0 Å². The molecule has 6 N–H and O–H groups in total. The van der Waals surface area contributed by atoms with Crippen LogP contribution in [-0.4, -0.2) is 81.3 Å². The van der Waals surface area contributed by atoms with E-state index in [1.165, 1.54) is 7.11 Å². The van der Waals surface area contributed by atoms with Crippen LogP contribution in [0.15, 0.2) is 30.3 Å². The van der Waals surface area contributed by atoms with Gasteiger partial charge in [-0.05, 0) is 85.3 Å². The molecule has 1 saturated carbocycles. The first-order valence-electron chi connectivity index (χ1n) is 18.0. The Morgan fingerprint density at radius 3 is 2.41 bits per heavy atom. The molecule has 0 amide bonds. The SMILES string of the molecule is COc1c(O)c(OC2CCCC2)cc([C@@H]2Oc3cc(OCCO)c4c5c3[C@@H](CSSCC[C@H](C)CC[C@H](c3cc(O)ccc3-4)[C@@H]5CO)[C@H]2O)c1O. The molecule has 0 radical (unpaired) electrons. The number of benzene rings is 3. The minimum absolute atomic E-state index is 0.0170. The van der Waals surface area contributed by atoms with Gasteiger partial charge in [0.15, 0.2) is 17.6 Å². The third kappa shape index (κ3) is 6.78. The van der Waals surface area contributed by atoms with Crippen molar-refractivity contribution in [2.24, 2.45) is 5.92 Å². The van der Waals surface area contributed by atoms with Gasteiger partial charge in [-0.1, -0.05) is 41.0 Å². The zero-order valence-corrected chi connectivity index (χ0v) is 30.7. The van der Waals surface area contributed by atoms with E-state index in [0.717, 1.165) is 78.5 Å². The van der Waals surface area contributed by atoms with Gasteiger partial charge >= 0.3 is 0 Å². The van der Waals surface area contributed by atoms with Crippen molar-refractivity contribution in [3.8, 4) is 51.4 Å². The highest BCUT2D eigenvalue weighted by molar-refractivity contribution is 8.76. The normalized spacial score (nSPS) is 26.2. The average Bonchev–Trinajstić information content (AvgIpc) is 3.64. The van der Waals surface area contributed by atoms with Crippen molar-refractivity contribution in [1.82, 2.24) is 0 Å². The predicted octanol–water partition coefficient (Wildman–Crippen LogP) is 7.12. The Labute approximate surface area is 306 Å². The van der Waals surface area contributed by atoms with Crippen LogP contribution in [0.2, 0.25) is 0 Å². The van der Waals surface area contributed by atoms with Crippen LogP contribution in [0, 0.1) is 5.92 Å². The smallest absolute Gasteiger partial charge is 0.207 e. The minimum Gasteiger partial charge on any atom is -0.508 e. The molecule has 2 bridgehead atoms. The van der Waals surface area contributed by atoms with Crippen LogP contribution in [0.25, 0.3) is 11.1 Å². The summed E-state index contributed by atoms with van der Waals surface area (Å²) in [5.74, 6) is 1.28. The summed E-state index contributed by atoms with van der Waals surface area (Å²) in [5.41, 5.74) is 4.41. The quantitative estimate of drug-likeness (QED) is 0.130. The van der Waals surface area contributed by atoms with Crippen LogP contribution in [0.5, 0.6) is 40.2 Å². The van der Waals surface area contributed by atoms with Gasteiger partial charge < -0.3 is 49.6 Å². The highest BCUT2D eigenvalue weighted by atomic mass is 33.1. The van der Waals surface area contributed by atoms with Crippen molar-refractivity contribution in [3.63, 3.8) is 0 Å². The van der Waals surface area contributed by atoms with Crippen molar-refractivity contribution >= 4 is 21.6 Å². The van der Waals surface area contributed by atoms with Gasteiger partial charge in [-0.15, -0.1) is 0 Å². The number of aliphatic hydroxyl groups is 3. The number of hydrogen-bond acceptors (Lipinski definition) is 12. The lowest BCUT2D eigenvalue weighted by Crippen LogP contribution is -2.38. The fourth-order valence-electron chi connectivity index (χ4n) is 8.53. The van der Waals surface area contributed by atoms with Gasteiger partial charge in [0.05, 0.1) is 26.4 Å². The Bertz CT molecular complexity index is 1730. The Morgan fingerprint density at radius 1 is 0.863 bits per heavy atom. The lowest BCUT2D eigenvalue weighted by molar-refractivity contribution is 0.00255. The van der Waals surface area contributed by atoms with Crippen molar-refractivity contribution in [2.75, 3.05) is 38.4 Å². The van der Waals surface area contributed by atoms with Gasteiger partial charge in [0.1, 0.15) is 30.0 Å². The lowest BCUT2D eigenvalue weighted by Gasteiger charge is -2.43. The summed E-state index contributed by atoms with van der Waals surface area (Å²) in [6, 6.07) is 8.66. The molecule has 0 saturated heterocycles. The fraction of sp³-hybridized carbons (Fsp3) is 0.538. The summed E-state index contributed by atoms with van der Waals surface area (Å²) in [6.07, 6.45) is 4.18. The second-order valence-electron chi connectivity index (χ2n) is 14.2. The predicted molar refractivity (Wildman–Crippen MR) is 198 cm³/mol. The second-order valence-corrected chi connectivity index (χ2v) is 16.9. The average molecular weight is 741 g/mol. The minimum atomic E-state index is -1.15. The standard InChI is InChI=1S/C39H48O10S2/c1-20-7-9-23-25-15-21(42)8-10-24(25)32-29(47-13-12-40)17-30-33(34(32)27(23)18-41)28(19-51-50-14-11-20)36(44)38(49-30)26-16-31(48-22-5-3-4-6-22)37(45)39(46-2)35(26)43/h8,10,15-17,20,22-23,27-28,36,38,40-45H,3-7,9,11-14,18-19H2,1-2H3/t20-,23-,27+,28-,36-,38+/m1/s1. The van der Waals surface area contributed by atoms with Gasteiger partial charge in [-0.25, -0.2) is 0 Å². The lowest BCUT2D eigenvalue weighted by atomic mass is 9.66. The van der Waals surface area contributed by atoms with Gasteiger partial charge in [0.2, 0.25) is 11.5 Å². The molecule has 2 aliphatic heterocycles. The number of phenols is 3. The first-order valence-corrected chi connectivity index (χ1v) is 20.5. The first kappa shape index (κ1) is 36.2. The summed E-state index contributed by atoms with van der Waals surface area (Å²) in [7, 11) is 4.81. The Balaban J connectivity index is 1.44. The number of ether oxygens (including phenoxy) is 4. The number of aliphatic hydroxyl groups excluding tert-OH is 3. The monoisotopic (exact) mass is 740 g/mol. The fourth-order valence-corrected chi connectivity index (χ4v) is 11.1. The summed E-state index contributed by atoms with van der Waals surface area (Å²) in [5, 5.41) is 66.8. The van der Waals surface area contributed by atoms with Crippen molar-refractivity contribution < 1.29 is 49.6 Å². The van der Waals surface area contributed by atoms with E-state index in [-0.39, 0.29) is 66.2 Å². The van der Waals surface area contributed by atoms with Crippen molar-refractivity contribution in [2.45, 2.75) is 87.9 Å². The molecular weight excluding hydrogens is 693 g/mol. The molecular formula is C39H48O10S2. The maximum Gasteiger partial charge on any atom is 0.207 e. The molecule has 12 heteroatoms. The molecule has 3 aromatic rings. The van der Waals surface area contributed by atoms with Crippen LogP contribution < -0.4 is 18.9 Å². The first-order chi connectivity index (χ1) is 24.7. The molecule has 2 heterocycles. The Morgan fingerprint density at radius 2 is 1.67 bits per heavy atom. The zero-order valence-electron chi connectivity index (χ0n) is 29.0. The molecule has 51 heavy (non-hydrogen) atoms. The third-order valence-electron chi connectivity index (χ3n) is 11.1. The van der Waals surface area contributed by atoms with E-state index in [2.05, 4.69) is 6.92 Å². The van der Waals surface area contributed by atoms with Gasteiger partial charge in [0.25, 0.3) is 0 Å². The molecule has 10 nitrogen and oxygen atoms in total. The molecule has 2 aliphatic carbocycles. The Kier molecular flexibility index (Phi) is 11.0. The Hall–Kier alpha value is -3.16. The highest BCUT2D eigenvalue weighted by Crippen LogP contribution is 2.60. The van der Waals surface area contributed by atoms with E-state index in [1.807, 2.05) is 6.07 Å². The molecule has 6 atom stereocenters. The number of methoxy groups -OCH3 is 1. The van der Waals surface area contributed by atoms with Crippen LogP contribution >= 0.6 is 21.6 Å². The van der Waals surface area contributed by atoms with Gasteiger partial charge in [-0.3, -0.25) is 0 Å². The molecule has 0 aromatic heterocycles. The van der Waals surface area contributed by atoms with E-state index in [4.69, 9.17) is 18.9 Å². The number of aromatic hydroxyl groups is 3. The number of hydrogen-bond donors (Lipinski definition) is 6. The van der Waals surface area contributed by atoms with Gasteiger partial charge in [-0.2, -0.15) is 0 Å². The molecule has 7 rings (SSSR count). The van der Waals surface area contributed by atoms with Crippen LogP contribution in [0.1, 0.15) is 98.0 Å². The van der Waals surface area contributed by atoms with E-state index >= 15 is 0 Å². The summed E-state index contributed by atoms with van der Waals surface area (Å²) in [6.45, 7) is 1.87. The van der Waals surface area contributed by atoms with Crippen LogP contribution in [0.3, 0.4) is 0 Å². The largest absolute Gasteiger partial charge is 0.508 e. The van der Waals surface area contributed by atoms with Crippen LogP contribution in [0.4, 0.5) is 0 Å². The summed E-state index contributed by atoms with van der Waals surface area (Å²) in [4.78, 5) is 0. The highest BCUT2D eigenvalue weighted by Gasteiger charge is 2.47. The number of phenolic OH excluding ortho intramolecular Hbond substituents is 3. The summed E-state index contributed by atoms with van der Waals surface area (Å²) >= 11 is 0. The molecule has 3 aromatic carbocycles. The van der Waals surface area contributed by atoms with E-state index in [1.54, 1.807) is 45.9 Å². The third-order valence-corrected chi connectivity index (χ3v) is 13.6. The topological polar surface area (TPSA) is 158 Å². The van der Waals surface area contributed by atoms with Gasteiger partial charge in [0, 0.05) is 46.1 Å². The zero-order chi connectivity index (χ0) is 35.8. The number of fused-ring (bicyclic) bond motifs is 4. The maximum atomic E-state index is 12.4. The molecule has 1 fully saturated rings. The summed E-state index contributed by atoms with van der Waals surface area (Å²) < 4.78 is 24.7. The molecule has 0 unspecified atom stereocenters. The second kappa shape index (κ2) is 15.4. The van der Waals surface area contributed by atoms with Crippen molar-refractivity contribution in [1.29, 1.82) is 0 Å². The van der Waals surface area contributed by atoms with E-state index < -0.39 is 24.0 Å². The molecule has 4 aliphatic rings. The number of rotatable bonds is 8. The maximum absolute atomic E-state index is 12.4.